The average Bonchev–Trinajstić information content (AvgIpc) is 3.12. The summed E-state index contributed by atoms with van der Waals surface area (Å²) in [6, 6.07) is 11.8. The van der Waals surface area contributed by atoms with Crippen molar-refractivity contribution in [3.05, 3.63) is 69.8 Å². The number of nitrogens with zero attached hydrogens (tertiary/aromatic N) is 1. The van der Waals surface area contributed by atoms with Crippen molar-refractivity contribution in [1.82, 2.24) is 4.98 Å². The Morgan fingerprint density at radius 1 is 1.30 bits per heavy atom. The van der Waals surface area contributed by atoms with Crippen molar-refractivity contribution in [2.24, 2.45) is 0 Å². The van der Waals surface area contributed by atoms with Crippen molar-refractivity contribution in [2.75, 3.05) is 6.61 Å². The molecule has 6 heteroatoms. The van der Waals surface area contributed by atoms with Gasteiger partial charge in [-0.1, -0.05) is 23.7 Å². The molecule has 2 aromatic heterocycles. The highest BCUT2D eigenvalue weighted by atomic mass is 35.5. The van der Waals surface area contributed by atoms with Gasteiger partial charge in [-0.25, -0.2) is 4.79 Å². The van der Waals surface area contributed by atoms with Crippen molar-refractivity contribution in [3.8, 4) is 16.2 Å². The molecular weight excluding hydrogens is 382 g/mol. The first-order valence-corrected chi connectivity index (χ1v) is 10.00. The van der Waals surface area contributed by atoms with Crippen LogP contribution in [-0.2, 0) is 6.42 Å². The Labute approximate surface area is 166 Å². The van der Waals surface area contributed by atoms with Crippen LogP contribution in [0, 0.1) is 0 Å². The standard InChI is InChI=1S/C21H18ClNO3S/c22-20-6-5-19(27-20)14-3-4-16-13(8-10-26-18(16)11-14)1-2-15-12-23-9-7-17(15)21(24)25/h3-7,9,11-13H,1-2,8,10H2,(H,24,25)/t13-/m0/s1. The molecule has 0 unspecified atom stereocenters. The highest BCUT2D eigenvalue weighted by Crippen LogP contribution is 2.40. The predicted octanol–water partition coefficient (Wildman–Crippen LogP) is 5.66. The van der Waals surface area contributed by atoms with E-state index in [-0.39, 0.29) is 0 Å². The topological polar surface area (TPSA) is 59.4 Å². The molecule has 3 aromatic rings. The number of fused-ring (bicyclic) bond motifs is 1. The van der Waals surface area contributed by atoms with Crippen LogP contribution >= 0.6 is 22.9 Å². The molecule has 0 saturated carbocycles. The second-order valence-corrected chi connectivity index (χ2v) is 8.28. The summed E-state index contributed by atoms with van der Waals surface area (Å²) < 4.78 is 6.67. The summed E-state index contributed by atoms with van der Waals surface area (Å²) in [4.78, 5) is 16.6. The minimum atomic E-state index is -0.904. The quantitative estimate of drug-likeness (QED) is 0.601. The molecular formula is C21H18ClNO3S. The fourth-order valence-electron chi connectivity index (χ4n) is 3.55. The van der Waals surface area contributed by atoms with Gasteiger partial charge in [0.2, 0.25) is 0 Å². The van der Waals surface area contributed by atoms with Gasteiger partial charge in [0, 0.05) is 17.3 Å². The van der Waals surface area contributed by atoms with Crippen molar-refractivity contribution >= 4 is 28.9 Å². The van der Waals surface area contributed by atoms with E-state index in [4.69, 9.17) is 16.3 Å². The summed E-state index contributed by atoms with van der Waals surface area (Å²) in [5, 5.41) is 9.34. The molecule has 0 amide bonds. The number of rotatable bonds is 5. The number of carbonyl (C=O) groups is 1. The van der Waals surface area contributed by atoms with Gasteiger partial charge in [-0.15, -0.1) is 11.3 Å². The second kappa shape index (κ2) is 7.71. The molecule has 0 spiro atoms. The van der Waals surface area contributed by atoms with Crippen LogP contribution in [0.15, 0.2) is 48.8 Å². The molecule has 138 valence electrons. The number of hydrogen-bond donors (Lipinski definition) is 1. The lowest BCUT2D eigenvalue weighted by molar-refractivity contribution is 0.0695. The van der Waals surface area contributed by atoms with Crippen LogP contribution in [0.25, 0.3) is 10.4 Å². The first-order valence-electron chi connectivity index (χ1n) is 8.80. The molecule has 27 heavy (non-hydrogen) atoms. The molecule has 1 atom stereocenters. The van der Waals surface area contributed by atoms with Crippen molar-refractivity contribution < 1.29 is 14.6 Å². The zero-order valence-corrected chi connectivity index (χ0v) is 16.1. The lowest BCUT2D eigenvalue weighted by Gasteiger charge is -2.26. The number of carboxylic acids is 1. The normalized spacial score (nSPS) is 15.8. The van der Waals surface area contributed by atoms with Crippen LogP contribution in [0.2, 0.25) is 4.34 Å². The molecule has 1 aromatic carbocycles. The minimum Gasteiger partial charge on any atom is -0.493 e. The van der Waals surface area contributed by atoms with Crippen LogP contribution in [0.3, 0.4) is 0 Å². The van der Waals surface area contributed by atoms with Crippen LogP contribution in [0.4, 0.5) is 0 Å². The average molecular weight is 400 g/mol. The van der Waals surface area contributed by atoms with E-state index in [1.54, 1.807) is 23.6 Å². The van der Waals surface area contributed by atoms with Gasteiger partial charge in [-0.05, 0) is 66.1 Å². The fourth-order valence-corrected chi connectivity index (χ4v) is 4.59. The Morgan fingerprint density at radius 2 is 2.19 bits per heavy atom. The van der Waals surface area contributed by atoms with Crippen molar-refractivity contribution in [3.63, 3.8) is 0 Å². The van der Waals surface area contributed by atoms with Crippen LogP contribution < -0.4 is 4.74 Å². The van der Waals surface area contributed by atoms with Crippen LogP contribution in [-0.4, -0.2) is 22.7 Å². The third kappa shape index (κ3) is 3.84. The summed E-state index contributed by atoms with van der Waals surface area (Å²) in [5.74, 6) is 0.355. The highest BCUT2D eigenvalue weighted by molar-refractivity contribution is 7.19. The van der Waals surface area contributed by atoms with Gasteiger partial charge in [-0.3, -0.25) is 4.98 Å². The number of carboxylic acid groups (broad SMARTS) is 1. The molecule has 4 nitrogen and oxygen atoms in total. The lowest BCUT2D eigenvalue weighted by Crippen LogP contribution is -2.15. The molecule has 3 heterocycles. The monoisotopic (exact) mass is 399 g/mol. The van der Waals surface area contributed by atoms with Crippen molar-refractivity contribution in [1.29, 1.82) is 0 Å². The van der Waals surface area contributed by atoms with Gasteiger partial charge in [0.25, 0.3) is 0 Å². The van der Waals surface area contributed by atoms with Gasteiger partial charge < -0.3 is 9.84 Å². The maximum atomic E-state index is 11.4. The largest absolute Gasteiger partial charge is 0.493 e. The van der Waals surface area contributed by atoms with Gasteiger partial charge in [0.1, 0.15) is 5.75 Å². The van der Waals surface area contributed by atoms with Gasteiger partial charge in [-0.2, -0.15) is 0 Å². The molecule has 0 bridgehead atoms. The number of hydrogen-bond acceptors (Lipinski definition) is 4. The Balaban J connectivity index is 1.54. The van der Waals surface area contributed by atoms with Gasteiger partial charge >= 0.3 is 5.97 Å². The smallest absolute Gasteiger partial charge is 0.336 e. The number of thiophene rings is 1. The summed E-state index contributed by atoms with van der Waals surface area (Å²) in [6.45, 7) is 0.672. The third-order valence-corrected chi connectivity index (χ3v) is 6.21. The van der Waals surface area contributed by atoms with Crippen molar-refractivity contribution in [2.45, 2.75) is 25.2 Å². The zero-order valence-electron chi connectivity index (χ0n) is 14.5. The molecule has 1 aliphatic rings. The van der Waals surface area contributed by atoms with E-state index in [9.17, 15) is 9.90 Å². The number of ether oxygens (including phenoxy) is 1. The molecule has 1 aliphatic heterocycles. The highest BCUT2D eigenvalue weighted by Gasteiger charge is 2.23. The second-order valence-electron chi connectivity index (χ2n) is 6.57. The Hall–Kier alpha value is -2.37. The van der Waals surface area contributed by atoms with E-state index in [0.29, 0.717) is 24.5 Å². The van der Waals surface area contributed by atoms with Crippen LogP contribution in [0.1, 0.15) is 40.2 Å². The molecule has 0 aliphatic carbocycles. The first kappa shape index (κ1) is 18.0. The first-order chi connectivity index (χ1) is 13.1. The number of aryl methyl sites for hydroxylation is 1. The van der Waals surface area contributed by atoms with Gasteiger partial charge in [0.05, 0.1) is 16.5 Å². The number of pyridine rings is 1. The Bertz CT molecular complexity index is 985. The summed E-state index contributed by atoms with van der Waals surface area (Å²) >= 11 is 7.60. The van der Waals surface area contributed by atoms with E-state index in [1.807, 2.05) is 12.1 Å². The third-order valence-electron chi connectivity index (χ3n) is 4.93. The van der Waals surface area contributed by atoms with E-state index in [0.717, 1.165) is 38.9 Å². The summed E-state index contributed by atoms with van der Waals surface area (Å²) in [6.07, 6.45) is 5.66. The Kier molecular flexibility index (Phi) is 5.14. The Morgan fingerprint density at radius 3 is 2.96 bits per heavy atom. The van der Waals surface area contributed by atoms with Crippen LogP contribution in [0.5, 0.6) is 5.75 Å². The molecule has 0 radical (unpaired) electrons. The van der Waals surface area contributed by atoms with E-state index in [1.165, 1.54) is 11.8 Å². The molecule has 1 N–H and O–H groups in total. The minimum absolute atomic E-state index is 0.335. The predicted molar refractivity (Wildman–Crippen MR) is 107 cm³/mol. The summed E-state index contributed by atoms with van der Waals surface area (Å²) in [5.41, 5.74) is 3.41. The van der Waals surface area contributed by atoms with E-state index < -0.39 is 5.97 Å². The number of aromatic carboxylic acids is 1. The number of halogens is 1. The summed E-state index contributed by atoms with van der Waals surface area (Å²) in [7, 11) is 0. The maximum Gasteiger partial charge on any atom is 0.336 e. The lowest BCUT2D eigenvalue weighted by atomic mass is 9.87. The SMILES string of the molecule is O=C(O)c1ccncc1CC[C@H]1CCOc2cc(-c3ccc(Cl)s3)ccc21. The van der Waals surface area contributed by atoms with E-state index in [2.05, 4.69) is 23.2 Å². The zero-order chi connectivity index (χ0) is 18.8. The maximum absolute atomic E-state index is 11.4. The molecule has 0 fully saturated rings. The number of aromatic nitrogens is 1. The number of benzene rings is 1. The fraction of sp³-hybridized carbons (Fsp3) is 0.238. The molecule has 4 rings (SSSR count). The van der Waals surface area contributed by atoms with E-state index >= 15 is 0 Å². The molecule has 0 saturated heterocycles. The van der Waals surface area contributed by atoms with Gasteiger partial charge in [0.15, 0.2) is 0 Å².